The van der Waals surface area contributed by atoms with Gasteiger partial charge in [-0.05, 0) is 99.7 Å². The number of fused-ring (bicyclic) bond motifs is 1. The fraction of sp³-hybridized carbons (Fsp3) is 1.00. The summed E-state index contributed by atoms with van der Waals surface area (Å²) >= 11 is 0. The molecule has 0 saturated heterocycles. The van der Waals surface area contributed by atoms with Crippen molar-refractivity contribution < 1.29 is 5.11 Å². The maximum Gasteiger partial charge on any atom is 0.0540 e. The second-order valence-electron chi connectivity index (χ2n) is 9.54. The van der Waals surface area contributed by atoms with Gasteiger partial charge in [-0.25, -0.2) is 0 Å². The van der Waals surface area contributed by atoms with E-state index < -0.39 is 0 Å². The molecule has 23 heavy (non-hydrogen) atoms. The first-order valence-electron chi connectivity index (χ1n) is 10.8. The van der Waals surface area contributed by atoms with E-state index in [0.29, 0.717) is 5.92 Å². The van der Waals surface area contributed by atoms with Crippen molar-refractivity contribution >= 4 is 0 Å². The van der Waals surface area contributed by atoms with E-state index in [1.807, 2.05) is 6.92 Å². The second-order valence-corrected chi connectivity index (χ2v) is 9.54. The molecule has 3 aliphatic rings. The van der Waals surface area contributed by atoms with E-state index in [0.717, 1.165) is 35.5 Å². The first-order chi connectivity index (χ1) is 11.1. The summed E-state index contributed by atoms with van der Waals surface area (Å²) in [6.07, 6.45) is 15.7. The van der Waals surface area contributed by atoms with Crippen molar-refractivity contribution in [2.24, 2.45) is 41.4 Å². The van der Waals surface area contributed by atoms with E-state index in [2.05, 4.69) is 13.8 Å². The highest BCUT2D eigenvalue weighted by molar-refractivity contribution is 4.92. The first kappa shape index (κ1) is 17.8. The maximum absolute atomic E-state index is 10.1. The minimum Gasteiger partial charge on any atom is -0.393 e. The van der Waals surface area contributed by atoms with Gasteiger partial charge in [0.2, 0.25) is 0 Å². The molecular formula is C22H40O. The highest BCUT2D eigenvalue weighted by Gasteiger charge is 2.41. The van der Waals surface area contributed by atoms with Crippen LogP contribution in [0.15, 0.2) is 0 Å². The summed E-state index contributed by atoms with van der Waals surface area (Å²) in [7, 11) is 0. The van der Waals surface area contributed by atoms with Gasteiger partial charge in [0.25, 0.3) is 0 Å². The van der Waals surface area contributed by atoms with Crippen LogP contribution in [0.5, 0.6) is 0 Å². The summed E-state index contributed by atoms with van der Waals surface area (Å²) in [5, 5.41) is 10.1. The van der Waals surface area contributed by atoms with Crippen LogP contribution in [0.4, 0.5) is 0 Å². The Balaban J connectivity index is 1.64. The van der Waals surface area contributed by atoms with Crippen LogP contribution in [0.3, 0.4) is 0 Å². The van der Waals surface area contributed by atoms with Crippen molar-refractivity contribution in [3.63, 3.8) is 0 Å². The number of aliphatic hydroxyl groups is 1. The Bertz CT molecular complexity index is 363. The van der Waals surface area contributed by atoms with Crippen LogP contribution in [0.1, 0.15) is 91.4 Å². The Labute approximate surface area is 144 Å². The molecule has 0 heterocycles. The SMILES string of the molecule is CCC[C@H]1CCC([C@H](C)O)CC1C1CCC2CC(C)CCC2C1. The minimum atomic E-state index is -0.0908. The monoisotopic (exact) mass is 320 g/mol. The van der Waals surface area contributed by atoms with Crippen molar-refractivity contribution in [3.05, 3.63) is 0 Å². The van der Waals surface area contributed by atoms with Gasteiger partial charge in [-0.1, -0.05) is 33.1 Å². The summed E-state index contributed by atoms with van der Waals surface area (Å²) in [6, 6.07) is 0. The summed E-state index contributed by atoms with van der Waals surface area (Å²) < 4.78 is 0. The topological polar surface area (TPSA) is 20.2 Å². The lowest BCUT2D eigenvalue weighted by molar-refractivity contribution is 0.00459. The number of hydrogen-bond donors (Lipinski definition) is 1. The molecule has 134 valence electrons. The molecular weight excluding hydrogens is 280 g/mol. The molecule has 0 radical (unpaired) electrons. The lowest BCUT2D eigenvalue weighted by Gasteiger charge is -2.48. The average Bonchev–Trinajstić information content (AvgIpc) is 2.55. The van der Waals surface area contributed by atoms with Crippen LogP contribution in [0.25, 0.3) is 0 Å². The molecule has 1 heteroatoms. The van der Waals surface area contributed by atoms with E-state index in [4.69, 9.17) is 0 Å². The Hall–Kier alpha value is -0.0400. The zero-order valence-corrected chi connectivity index (χ0v) is 15.8. The van der Waals surface area contributed by atoms with Gasteiger partial charge in [-0.3, -0.25) is 0 Å². The molecule has 0 aromatic carbocycles. The van der Waals surface area contributed by atoms with Gasteiger partial charge in [0, 0.05) is 0 Å². The zero-order chi connectivity index (χ0) is 16.4. The average molecular weight is 321 g/mol. The normalized spacial score (nSPS) is 46.2. The Morgan fingerprint density at radius 2 is 1.57 bits per heavy atom. The van der Waals surface area contributed by atoms with E-state index in [1.54, 1.807) is 0 Å². The molecule has 0 amide bonds. The highest BCUT2D eigenvalue weighted by Crippen LogP contribution is 2.51. The quantitative estimate of drug-likeness (QED) is 0.668. The van der Waals surface area contributed by atoms with Gasteiger partial charge in [-0.2, -0.15) is 0 Å². The lowest BCUT2D eigenvalue weighted by Crippen LogP contribution is -2.39. The third kappa shape index (κ3) is 4.14. The van der Waals surface area contributed by atoms with Gasteiger partial charge in [0.1, 0.15) is 0 Å². The molecule has 0 aromatic rings. The zero-order valence-electron chi connectivity index (χ0n) is 15.8. The van der Waals surface area contributed by atoms with E-state index >= 15 is 0 Å². The van der Waals surface area contributed by atoms with Crippen LogP contribution in [0, 0.1) is 41.4 Å². The highest BCUT2D eigenvalue weighted by atomic mass is 16.3. The molecule has 3 rings (SSSR count). The Morgan fingerprint density at radius 1 is 0.870 bits per heavy atom. The van der Waals surface area contributed by atoms with Crippen LogP contribution >= 0.6 is 0 Å². The maximum atomic E-state index is 10.1. The molecule has 1 N–H and O–H groups in total. The minimum absolute atomic E-state index is 0.0908. The van der Waals surface area contributed by atoms with Crippen molar-refractivity contribution in [3.8, 4) is 0 Å². The number of hydrogen-bond acceptors (Lipinski definition) is 1. The molecule has 0 aliphatic heterocycles. The molecule has 0 aromatic heterocycles. The van der Waals surface area contributed by atoms with Crippen LogP contribution in [-0.4, -0.2) is 11.2 Å². The fourth-order valence-corrected chi connectivity index (χ4v) is 6.60. The molecule has 3 saturated carbocycles. The van der Waals surface area contributed by atoms with Gasteiger partial charge in [-0.15, -0.1) is 0 Å². The van der Waals surface area contributed by atoms with Crippen LogP contribution < -0.4 is 0 Å². The largest absolute Gasteiger partial charge is 0.393 e. The van der Waals surface area contributed by atoms with Crippen molar-refractivity contribution in [1.29, 1.82) is 0 Å². The lowest BCUT2D eigenvalue weighted by atomic mass is 9.58. The Morgan fingerprint density at radius 3 is 2.30 bits per heavy atom. The summed E-state index contributed by atoms with van der Waals surface area (Å²) in [5.74, 6) is 6.51. The molecule has 0 bridgehead atoms. The molecule has 8 atom stereocenters. The van der Waals surface area contributed by atoms with E-state index in [9.17, 15) is 5.11 Å². The number of aliphatic hydroxyl groups excluding tert-OH is 1. The van der Waals surface area contributed by atoms with Gasteiger partial charge in [0.15, 0.2) is 0 Å². The van der Waals surface area contributed by atoms with E-state index in [1.165, 1.54) is 70.6 Å². The first-order valence-corrected chi connectivity index (χ1v) is 10.8. The fourth-order valence-electron chi connectivity index (χ4n) is 6.60. The van der Waals surface area contributed by atoms with E-state index in [-0.39, 0.29) is 6.10 Å². The summed E-state index contributed by atoms with van der Waals surface area (Å²) in [4.78, 5) is 0. The van der Waals surface area contributed by atoms with Crippen molar-refractivity contribution in [2.45, 2.75) is 97.5 Å². The summed E-state index contributed by atoms with van der Waals surface area (Å²) in [6.45, 7) is 6.85. The third-order valence-electron chi connectivity index (χ3n) is 7.95. The van der Waals surface area contributed by atoms with Crippen molar-refractivity contribution in [1.82, 2.24) is 0 Å². The van der Waals surface area contributed by atoms with Gasteiger partial charge in [0.05, 0.1) is 6.10 Å². The molecule has 0 spiro atoms. The third-order valence-corrected chi connectivity index (χ3v) is 7.95. The van der Waals surface area contributed by atoms with Gasteiger partial charge < -0.3 is 5.11 Å². The van der Waals surface area contributed by atoms with Crippen LogP contribution in [-0.2, 0) is 0 Å². The smallest absolute Gasteiger partial charge is 0.0540 e. The predicted molar refractivity (Wildman–Crippen MR) is 98.2 cm³/mol. The molecule has 3 aliphatic carbocycles. The molecule has 6 unspecified atom stereocenters. The second kappa shape index (κ2) is 7.89. The summed E-state index contributed by atoms with van der Waals surface area (Å²) in [5.41, 5.74) is 0. The molecule has 1 nitrogen and oxygen atoms in total. The van der Waals surface area contributed by atoms with Crippen molar-refractivity contribution in [2.75, 3.05) is 0 Å². The predicted octanol–water partition coefficient (Wildman–Crippen LogP) is 6.05. The van der Waals surface area contributed by atoms with Crippen LogP contribution in [0.2, 0.25) is 0 Å². The Kier molecular flexibility index (Phi) is 6.10. The van der Waals surface area contributed by atoms with Gasteiger partial charge >= 0.3 is 0 Å². The number of rotatable bonds is 4. The molecule has 3 fully saturated rings. The standard InChI is InChI=1S/C22H40O/c1-4-5-17-8-9-18(16(3)23)14-22(17)21-11-10-19-12-15(2)6-7-20(19)13-21/h15-23H,4-14H2,1-3H3/t15?,16-,17-,18?,19?,20?,21?,22?/m0/s1.